The number of rotatable bonds is 5. The lowest BCUT2D eigenvalue weighted by molar-refractivity contribution is -0.145. The summed E-state index contributed by atoms with van der Waals surface area (Å²) in [5, 5.41) is 15.9. The number of carbonyl (C=O) groups is 2. The van der Waals surface area contributed by atoms with Crippen molar-refractivity contribution in [2.45, 2.75) is 56.8 Å². The number of ether oxygens (including phenoxy) is 1. The van der Waals surface area contributed by atoms with Crippen molar-refractivity contribution in [1.29, 1.82) is 5.26 Å². The van der Waals surface area contributed by atoms with Crippen LogP contribution in [0.25, 0.3) is 11.1 Å². The van der Waals surface area contributed by atoms with Gasteiger partial charge in [-0.15, -0.1) is 0 Å². The van der Waals surface area contributed by atoms with Crippen LogP contribution < -0.4 is 10.6 Å². The van der Waals surface area contributed by atoms with E-state index in [-0.39, 0.29) is 17.9 Å². The largest absolute Gasteiger partial charge is 0.461 e. The van der Waals surface area contributed by atoms with Gasteiger partial charge in [-0.1, -0.05) is 36.4 Å². The number of hydrogen-bond donors (Lipinski definition) is 2. The molecule has 0 spiro atoms. The Morgan fingerprint density at radius 3 is 2.68 bits per heavy atom. The summed E-state index contributed by atoms with van der Waals surface area (Å²) in [4.78, 5) is 24.0. The van der Waals surface area contributed by atoms with E-state index in [1.54, 1.807) is 0 Å². The van der Waals surface area contributed by atoms with Crippen molar-refractivity contribution in [2.75, 3.05) is 0 Å². The highest BCUT2D eigenvalue weighted by molar-refractivity contribution is 5.83. The minimum atomic E-state index is -0.544. The SMILES string of the molecule is N#C[C@H](Cc1ccc(-c2ccc3c(c2)COC(=O)C3)cc1)NC(=O)[C@H]1N[C@@H]2CC[C@H]1C2. The van der Waals surface area contributed by atoms with E-state index in [0.29, 0.717) is 31.4 Å². The Balaban J connectivity index is 1.23. The number of hydrogen-bond acceptors (Lipinski definition) is 5. The fourth-order valence-corrected chi connectivity index (χ4v) is 5.09. The van der Waals surface area contributed by atoms with Crippen LogP contribution in [0.5, 0.6) is 0 Å². The number of nitrogens with one attached hydrogen (secondary N) is 2. The van der Waals surface area contributed by atoms with E-state index < -0.39 is 6.04 Å². The smallest absolute Gasteiger partial charge is 0.310 e. The van der Waals surface area contributed by atoms with Gasteiger partial charge in [-0.2, -0.15) is 5.26 Å². The molecule has 1 saturated carbocycles. The lowest BCUT2D eigenvalue weighted by Gasteiger charge is -2.23. The number of piperidine rings is 1. The summed E-state index contributed by atoms with van der Waals surface area (Å²) in [6.45, 7) is 0.321. The van der Waals surface area contributed by atoms with Crippen molar-refractivity contribution in [3.63, 3.8) is 0 Å². The maximum absolute atomic E-state index is 12.6. The van der Waals surface area contributed by atoms with Crippen LogP contribution in [0.2, 0.25) is 0 Å². The molecule has 158 valence electrons. The molecule has 2 heterocycles. The second kappa shape index (κ2) is 8.16. The van der Waals surface area contributed by atoms with E-state index in [4.69, 9.17) is 4.74 Å². The van der Waals surface area contributed by atoms with Gasteiger partial charge in [-0.3, -0.25) is 9.59 Å². The summed E-state index contributed by atoms with van der Waals surface area (Å²) in [5.41, 5.74) is 5.20. The fourth-order valence-electron chi connectivity index (χ4n) is 5.09. The average Bonchev–Trinajstić information content (AvgIpc) is 3.42. The zero-order chi connectivity index (χ0) is 21.4. The van der Waals surface area contributed by atoms with Gasteiger partial charge >= 0.3 is 5.97 Å². The third-order valence-electron chi connectivity index (χ3n) is 6.77. The number of amides is 1. The maximum Gasteiger partial charge on any atom is 0.310 e. The van der Waals surface area contributed by atoms with Crippen molar-refractivity contribution in [1.82, 2.24) is 10.6 Å². The number of cyclic esters (lactones) is 1. The zero-order valence-corrected chi connectivity index (χ0v) is 17.3. The molecule has 2 fully saturated rings. The molecule has 0 aromatic heterocycles. The molecule has 2 aromatic carbocycles. The molecule has 1 aliphatic carbocycles. The van der Waals surface area contributed by atoms with Gasteiger partial charge in [0, 0.05) is 12.5 Å². The summed E-state index contributed by atoms with van der Waals surface area (Å²) in [6.07, 6.45) is 4.12. The van der Waals surface area contributed by atoms with E-state index in [0.717, 1.165) is 47.1 Å². The normalized spacial score (nSPS) is 24.7. The standard InChI is InChI=1S/C25H25N3O3/c26-13-22(28-25(30)24-19-7-8-21(11-19)27-24)9-15-1-3-16(4-2-15)17-5-6-18-12-23(29)31-14-20(18)10-17/h1-6,10,19,21-22,24,27H,7-9,11-12,14H2,(H,28,30)/t19-,21+,22-,24-/m0/s1. The molecule has 6 heteroatoms. The fraction of sp³-hybridized carbons (Fsp3) is 0.400. The quantitative estimate of drug-likeness (QED) is 0.733. The predicted molar refractivity (Wildman–Crippen MR) is 115 cm³/mol. The molecule has 2 aromatic rings. The van der Waals surface area contributed by atoms with Crippen LogP contribution in [0.4, 0.5) is 0 Å². The van der Waals surface area contributed by atoms with Crippen LogP contribution in [0.1, 0.15) is 36.0 Å². The van der Waals surface area contributed by atoms with Crippen LogP contribution in [0.3, 0.4) is 0 Å². The van der Waals surface area contributed by atoms with Crippen LogP contribution in [0.15, 0.2) is 42.5 Å². The molecule has 0 unspecified atom stereocenters. The Bertz CT molecular complexity index is 1060. The Labute approximate surface area is 181 Å². The molecule has 5 rings (SSSR count). The van der Waals surface area contributed by atoms with E-state index in [1.807, 2.05) is 36.4 Å². The number of nitriles is 1. The van der Waals surface area contributed by atoms with Crippen molar-refractivity contribution in [3.05, 3.63) is 59.2 Å². The highest BCUT2D eigenvalue weighted by Gasteiger charge is 2.43. The van der Waals surface area contributed by atoms with Gasteiger partial charge in [0.05, 0.1) is 18.5 Å². The van der Waals surface area contributed by atoms with E-state index >= 15 is 0 Å². The number of esters is 1. The highest BCUT2D eigenvalue weighted by Crippen LogP contribution is 2.35. The summed E-state index contributed by atoms with van der Waals surface area (Å²) in [5.74, 6) is 0.175. The Morgan fingerprint density at radius 1 is 1.16 bits per heavy atom. The molecule has 1 saturated heterocycles. The van der Waals surface area contributed by atoms with Gasteiger partial charge in [-0.25, -0.2) is 0 Å². The topological polar surface area (TPSA) is 91.2 Å². The first kappa shape index (κ1) is 19.8. The van der Waals surface area contributed by atoms with Crippen molar-refractivity contribution < 1.29 is 14.3 Å². The van der Waals surface area contributed by atoms with Gasteiger partial charge in [-0.05, 0) is 59.1 Å². The third kappa shape index (κ3) is 4.06. The highest BCUT2D eigenvalue weighted by atomic mass is 16.5. The molecule has 2 aliphatic heterocycles. The van der Waals surface area contributed by atoms with E-state index in [1.165, 1.54) is 0 Å². The summed E-state index contributed by atoms with van der Waals surface area (Å²) >= 11 is 0. The Hall–Kier alpha value is -3.17. The van der Waals surface area contributed by atoms with Gasteiger partial charge in [0.15, 0.2) is 0 Å². The number of benzene rings is 2. The second-order valence-electron chi connectivity index (χ2n) is 8.83. The molecular formula is C25H25N3O3. The Morgan fingerprint density at radius 2 is 1.97 bits per heavy atom. The first-order valence-corrected chi connectivity index (χ1v) is 10.9. The predicted octanol–water partition coefficient (Wildman–Crippen LogP) is 2.64. The minimum absolute atomic E-state index is 0.0508. The molecule has 2 N–H and O–H groups in total. The van der Waals surface area contributed by atoms with Crippen molar-refractivity contribution in [2.24, 2.45) is 5.92 Å². The number of carbonyl (C=O) groups excluding carboxylic acids is 2. The van der Waals surface area contributed by atoms with Crippen LogP contribution in [-0.4, -0.2) is 30.0 Å². The van der Waals surface area contributed by atoms with Gasteiger partial charge in [0.2, 0.25) is 5.91 Å². The molecule has 6 nitrogen and oxygen atoms in total. The average molecular weight is 415 g/mol. The number of nitrogens with zero attached hydrogens (tertiary/aromatic N) is 1. The third-order valence-corrected chi connectivity index (χ3v) is 6.77. The minimum Gasteiger partial charge on any atom is -0.461 e. The second-order valence-corrected chi connectivity index (χ2v) is 8.83. The summed E-state index contributed by atoms with van der Waals surface area (Å²) in [7, 11) is 0. The van der Waals surface area contributed by atoms with E-state index in [9.17, 15) is 14.9 Å². The molecule has 2 bridgehead atoms. The van der Waals surface area contributed by atoms with Gasteiger partial charge < -0.3 is 15.4 Å². The molecule has 1 amide bonds. The monoisotopic (exact) mass is 415 g/mol. The lowest BCUT2D eigenvalue weighted by Crippen LogP contribution is -2.50. The molecular weight excluding hydrogens is 390 g/mol. The summed E-state index contributed by atoms with van der Waals surface area (Å²) in [6, 6.07) is 16.1. The van der Waals surface area contributed by atoms with Crippen LogP contribution >= 0.6 is 0 Å². The lowest BCUT2D eigenvalue weighted by atomic mass is 9.95. The molecule has 31 heavy (non-hydrogen) atoms. The Kier molecular flexibility index (Phi) is 5.21. The van der Waals surface area contributed by atoms with Gasteiger partial charge in [0.25, 0.3) is 0 Å². The molecule has 4 atom stereocenters. The zero-order valence-electron chi connectivity index (χ0n) is 17.3. The van der Waals surface area contributed by atoms with Crippen molar-refractivity contribution in [3.8, 4) is 17.2 Å². The van der Waals surface area contributed by atoms with Gasteiger partial charge in [0.1, 0.15) is 12.6 Å². The molecule has 0 radical (unpaired) electrons. The molecule has 3 aliphatic rings. The van der Waals surface area contributed by atoms with E-state index in [2.05, 4.69) is 22.8 Å². The maximum atomic E-state index is 12.6. The van der Waals surface area contributed by atoms with Crippen LogP contribution in [0, 0.1) is 17.2 Å². The van der Waals surface area contributed by atoms with Crippen molar-refractivity contribution >= 4 is 11.9 Å². The number of fused-ring (bicyclic) bond motifs is 3. The first-order chi connectivity index (χ1) is 15.1. The first-order valence-electron chi connectivity index (χ1n) is 10.9. The van der Waals surface area contributed by atoms with Crippen LogP contribution in [-0.2, 0) is 33.8 Å². The summed E-state index contributed by atoms with van der Waals surface area (Å²) < 4.78 is 5.15.